The summed E-state index contributed by atoms with van der Waals surface area (Å²) in [6.07, 6.45) is 9.74. The fraction of sp³-hybridized carbons (Fsp3) is 0.294. The summed E-state index contributed by atoms with van der Waals surface area (Å²) in [6.45, 7) is 11.6. The molecule has 0 aliphatic carbocycles. The third kappa shape index (κ3) is 9.37. The summed E-state index contributed by atoms with van der Waals surface area (Å²) in [7, 11) is 0. The molecule has 0 heterocycles. The number of unbranched alkanes of at least 4 members (excludes halogenated alkanes) is 2. The summed E-state index contributed by atoms with van der Waals surface area (Å²) in [5, 5.41) is 0. The Labute approximate surface area is 106 Å². The average Bonchev–Trinajstić information content (AvgIpc) is 2.40. The van der Waals surface area contributed by atoms with Gasteiger partial charge in [-0.1, -0.05) is 87.1 Å². The summed E-state index contributed by atoms with van der Waals surface area (Å²) in [4.78, 5) is 0. The Balaban J connectivity index is 0.000000302. The quantitative estimate of drug-likeness (QED) is 0.452. The van der Waals surface area contributed by atoms with E-state index in [2.05, 4.69) is 33.1 Å². The molecule has 0 aliphatic rings. The maximum Gasteiger partial charge on any atom is -0.0263 e. The second kappa shape index (κ2) is 10.9. The number of hydrogen-bond donors (Lipinski definition) is 0. The van der Waals surface area contributed by atoms with Crippen molar-refractivity contribution < 1.29 is 0 Å². The molecule has 0 amide bonds. The first-order chi connectivity index (χ1) is 8.24. The van der Waals surface area contributed by atoms with E-state index >= 15 is 0 Å². The van der Waals surface area contributed by atoms with Crippen molar-refractivity contribution in [2.75, 3.05) is 0 Å². The van der Waals surface area contributed by atoms with Gasteiger partial charge in [-0.25, -0.2) is 0 Å². The van der Waals surface area contributed by atoms with Crippen molar-refractivity contribution in [2.45, 2.75) is 33.1 Å². The molecule has 0 unspecified atom stereocenters. The maximum absolute atomic E-state index is 3.67. The second-order valence-electron chi connectivity index (χ2n) is 3.91. The highest BCUT2D eigenvalue weighted by Crippen LogP contribution is 2.00. The standard InChI is InChI=1S/C9H16.C8H8/c1-4-6-7-8-9(3)5-2;1-2-8-6-4-3-5-7-8/h5,8H,2,4,6-7H2,1,3H3;2-7H,1H2. The number of benzene rings is 1. The van der Waals surface area contributed by atoms with Crippen LogP contribution in [0.1, 0.15) is 38.7 Å². The van der Waals surface area contributed by atoms with Crippen LogP contribution in [0, 0.1) is 0 Å². The third-order valence-electron chi connectivity index (χ3n) is 2.38. The van der Waals surface area contributed by atoms with E-state index in [9.17, 15) is 0 Å². The molecule has 1 aromatic rings. The lowest BCUT2D eigenvalue weighted by Gasteiger charge is -1.90. The van der Waals surface area contributed by atoms with Crippen molar-refractivity contribution >= 4 is 6.08 Å². The van der Waals surface area contributed by atoms with Crippen molar-refractivity contribution in [1.82, 2.24) is 0 Å². The molecular weight excluding hydrogens is 204 g/mol. The van der Waals surface area contributed by atoms with Crippen LogP contribution in [0.2, 0.25) is 0 Å². The molecule has 0 spiro atoms. The molecule has 0 saturated carbocycles. The van der Waals surface area contributed by atoms with E-state index in [4.69, 9.17) is 0 Å². The SMILES string of the molecule is C=CC(C)=CCCCC.C=Cc1ccccc1. The van der Waals surface area contributed by atoms with Crippen LogP contribution in [0.4, 0.5) is 0 Å². The van der Waals surface area contributed by atoms with E-state index in [-0.39, 0.29) is 0 Å². The molecular formula is C17H24. The fourth-order valence-corrected chi connectivity index (χ4v) is 1.21. The maximum atomic E-state index is 3.67. The fourth-order valence-electron chi connectivity index (χ4n) is 1.21. The van der Waals surface area contributed by atoms with Crippen LogP contribution >= 0.6 is 0 Å². The van der Waals surface area contributed by atoms with Crippen LogP contribution in [0.5, 0.6) is 0 Å². The average molecular weight is 228 g/mol. The van der Waals surface area contributed by atoms with Gasteiger partial charge in [-0.3, -0.25) is 0 Å². The lowest BCUT2D eigenvalue weighted by atomic mass is 10.2. The third-order valence-corrected chi connectivity index (χ3v) is 2.38. The van der Waals surface area contributed by atoms with Gasteiger partial charge >= 0.3 is 0 Å². The normalized spacial score (nSPS) is 10.1. The smallest absolute Gasteiger partial charge is 0.0263 e. The molecule has 1 rings (SSSR count). The van der Waals surface area contributed by atoms with Crippen molar-refractivity contribution in [3.8, 4) is 0 Å². The Morgan fingerprint density at radius 1 is 1.18 bits per heavy atom. The van der Waals surface area contributed by atoms with Crippen LogP contribution in [-0.2, 0) is 0 Å². The van der Waals surface area contributed by atoms with E-state index in [1.807, 2.05) is 42.5 Å². The van der Waals surface area contributed by atoms with Gasteiger partial charge in [-0.2, -0.15) is 0 Å². The Morgan fingerprint density at radius 2 is 1.82 bits per heavy atom. The highest BCUT2D eigenvalue weighted by Gasteiger charge is 1.79. The molecule has 0 saturated heterocycles. The summed E-state index contributed by atoms with van der Waals surface area (Å²) in [6, 6.07) is 10.0. The van der Waals surface area contributed by atoms with Crippen molar-refractivity contribution in [2.24, 2.45) is 0 Å². The molecule has 0 bridgehead atoms. The summed E-state index contributed by atoms with van der Waals surface area (Å²) >= 11 is 0. The molecule has 92 valence electrons. The van der Waals surface area contributed by atoms with Crippen LogP contribution in [0.15, 0.2) is 61.2 Å². The van der Waals surface area contributed by atoms with E-state index in [1.165, 1.54) is 30.4 Å². The predicted molar refractivity (Wildman–Crippen MR) is 80.0 cm³/mol. The second-order valence-corrected chi connectivity index (χ2v) is 3.91. The molecule has 1 aromatic carbocycles. The van der Waals surface area contributed by atoms with Gasteiger partial charge in [0.25, 0.3) is 0 Å². The van der Waals surface area contributed by atoms with Crippen molar-refractivity contribution in [3.63, 3.8) is 0 Å². The van der Waals surface area contributed by atoms with E-state index in [1.54, 1.807) is 0 Å². The first-order valence-electron chi connectivity index (χ1n) is 6.21. The largest absolute Gasteiger partial charge is 0.0988 e. The van der Waals surface area contributed by atoms with Crippen LogP contribution < -0.4 is 0 Å². The molecule has 17 heavy (non-hydrogen) atoms. The molecule has 0 radical (unpaired) electrons. The molecule has 0 aromatic heterocycles. The van der Waals surface area contributed by atoms with E-state index in [0.29, 0.717) is 0 Å². The van der Waals surface area contributed by atoms with Crippen molar-refractivity contribution in [3.05, 3.63) is 66.8 Å². The molecule has 0 fully saturated rings. The Bertz CT molecular complexity index is 330. The molecule has 0 atom stereocenters. The number of rotatable bonds is 5. The van der Waals surface area contributed by atoms with Gasteiger partial charge < -0.3 is 0 Å². The van der Waals surface area contributed by atoms with Gasteiger partial charge in [-0.05, 0) is 18.9 Å². The zero-order chi connectivity index (χ0) is 12.9. The van der Waals surface area contributed by atoms with Crippen LogP contribution in [0.3, 0.4) is 0 Å². The van der Waals surface area contributed by atoms with Gasteiger partial charge in [0.05, 0.1) is 0 Å². The minimum absolute atomic E-state index is 1.17. The molecule has 0 N–H and O–H groups in total. The van der Waals surface area contributed by atoms with Crippen LogP contribution in [-0.4, -0.2) is 0 Å². The Hall–Kier alpha value is -1.56. The van der Waals surface area contributed by atoms with Crippen LogP contribution in [0.25, 0.3) is 6.08 Å². The van der Waals surface area contributed by atoms with Gasteiger partial charge in [0, 0.05) is 0 Å². The van der Waals surface area contributed by atoms with Crippen molar-refractivity contribution in [1.29, 1.82) is 0 Å². The summed E-state index contributed by atoms with van der Waals surface area (Å²) in [5.41, 5.74) is 2.47. The Kier molecular flexibility index (Phi) is 9.94. The first-order valence-corrected chi connectivity index (χ1v) is 6.21. The summed E-state index contributed by atoms with van der Waals surface area (Å²) < 4.78 is 0. The van der Waals surface area contributed by atoms with E-state index in [0.717, 1.165) is 0 Å². The van der Waals surface area contributed by atoms with E-state index < -0.39 is 0 Å². The molecule has 0 nitrogen and oxygen atoms in total. The first kappa shape index (κ1) is 15.4. The van der Waals surface area contributed by atoms with Gasteiger partial charge in [0.2, 0.25) is 0 Å². The minimum atomic E-state index is 1.17. The number of allylic oxidation sites excluding steroid dienone is 3. The predicted octanol–water partition coefficient (Wildman–Crippen LogP) is 5.64. The monoisotopic (exact) mass is 228 g/mol. The molecule has 0 heteroatoms. The summed E-state index contributed by atoms with van der Waals surface area (Å²) in [5.74, 6) is 0. The topological polar surface area (TPSA) is 0 Å². The lowest BCUT2D eigenvalue weighted by Crippen LogP contribution is -1.69. The van der Waals surface area contributed by atoms with Gasteiger partial charge in [0.1, 0.15) is 0 Å². The Morgan fingerprint density at radius 3 is 2.24 bits per heavy atom. The number of hydrogen-bond acceptors (Lipinski definition) is 0. The van der Waals surface area contributed by atoms with Gasteiger partial charge in [-0.15, -0.1) is 0 Å². The molecule has 0 aliphatic heterocycles. The van der Waals surface area contributed by atoms with Gasteiger partial charge in [0.15, 0.2) is 0 Å². The highest BCUT2D eigenvalue weighted by molar-refractivity contribution is 5.45. The highest BCUT2D eigenvalue weighted by atomic mass is 13.9. The lowest BCUT2D eigenvalue weighted by molar-refractivity contribution is 0.812. The minimum Gasteiger partial charge on any atom is -0.0988 e. The zero-order valence-electron chi connectivity index (χ0n) is 11.2. The zero-order valence-corrected chi connectivity index (χ0v) is 11.2.